The van der Waals surface area contributed by atoms with E-state index in [-0.39, 0.29) is 48.9 Å². The highest BCUT2D eigenvalue weighted by molar-refractivity contribution is 7.86. The summed E-state index contributed by atoms with van der Waals surface area (Å²) in [6, 6.07) is 10.4. The van der Waals surface area contributed by atoms with E-state index >= 15 is 0 Å². The minimum Gasteiger partial charge on any atom is -0.508 e. The van der Waals surface area contributed by atoms with E-state index in [1.54, 1.807) is 30.3 Å². The summed E-state index contributed by atoms with van der Waals surface area (Å²) in [6.07, 6.45) is 15.9. The average molecular weight is 818 g/mol. The molecule has 0 radical (unpaired) electrons. The molecular formula is C41H57N2O11S2+. The molecule has 6 N–H and O–H groups in total. The lowest BCUT2D eigenvalue weighted by Gasteiger charge is -2.30. The molecule has 0 bridgehead atoms. The van der Waals surface area contributed by atoms with Crippen molar-refractivity contribution in [3.05, 3.63) is 83.6 Å². The molecule has 0 saturated carbocycles. The number of nitrogens with zero attached hydrogens (tertiary/aromatic N) is 2. The second kappa shape index (κ2) is 19.4. The second-order valence-electron chi connectivity index (χ2n) is 15.2. The monoisotopic (exact) mass is 817 g/mol. The van der Waals surface area contributed by atoms with Crippen molar-refractivity contribution < 1.29 is 55.7 Å². The molecule has 2 aliphatic rings. The smallest absolute Gasteiger partial charge is 0.303 e. The molecule has 2 aromatic carbocycles. The Balaban J connectivity index is 1.71. The highest BCUT2D eigenvalue weighted by Gasteiger charge is 2.47. The third-order valence-electron chi connectivity index (χ3n) is 10.9. The topological polar surface area (TPSA) is 213 Å². The fourth-order valence-electron chi connectivity index (χ4n) is 8.08. The van der Waals surface area contributed by atoms with Crippen molar-refractivity contribution in [2.45, 2.75) is 102 Å². The number of aromatic hydroxyl groups is 2. The minimum absolute atomic E-state index is 0.0651. The fraction of sp³-hybridized carbons (Fsp3) is 0.512. The number of carboxylic acids is 1. The van der Waals surface area contributed by atoms with Crippen LogP contribution in [0.1, 0.15) is 102 Å². The van der Waals surface area contributed by atoms with Gasteiger partial charge in [-0.05, 0) is 114 Å². The number of hydrogen-bond donors (Lipinski definition) is 6. The zero-order valence-electron chi connectivity index (χ0n) is 32.3. The van der Waals surface area contributed by atoms with Gasteiger partial charge in [-0.1, -0.05) is 24.6 Å². The van der Waals surface area contributed by atoms with Gasteiger partial charge < -0.3 is 25.3 Å². The Hall–Kier alpha value is -4.02. The molecule has 308 valence electrons. The van der Waals surface area contributed by atoms with Crippen LogP contribution in [-0.2, 0) is 35.9 Å². The number of carboxylic acid groups (broad SMARTS) is 1. The van der Waals surface area contributed by atoms with E-state index in [0.29, 0.717) is 45.2 Å². The van der Waals surface area contributed by atoms with Crippen molar-refractivity contribution in [3.63, 3.8) is 0 Å². The van der Waals surface area contributed by atoms with Crippen LogP contribution < -0.4 is 4.90 Å². The number of phenolic OH excluding ortho intramolecular Hbond substituents is 2. The van der Waals surface area contributed by atoms with E-state index < -0.39 is 37.0 Å². The van der Waals surface area contributed by atoms with Gasteiger partial charge in [-0.15, -0.1) is 0 Å². The molecule has 2 aliphatic heterocycles. The van der Waals surface area contributed by atoms with Crippen molar-refractivity contribution in [2.75, 3.05) is 36.1 Å². The second-order valence-corrected chi connectivity index (χ2v) is 18.3. The first-order valence-electron chi connectivity index (χ1n) is 19.3. The lowest BCUT2D eigenvalue weighted by Crippen LogP contribution is -2.31. The summed E-state index contributed by atoms with van der Waals surface area (Å²) in [4.78, 5) is 13.2. The predicted octanol–water partition coefficient (Wildman–Crippen LogP) is 6.76. The van der Waals surface area contributed by atoms with E-state index in [2.05, 4.69) is 16.4 Å². The van der Waals surface area contributed by atoms with E-state index in [1.807, 2.05) is 43.4 Å². The maximum Gasteiger partial charge on any atom is 0.303 e. The molecule has 0 saturated heterocycles. The number of unbranched alkanes of at least 4 members (excludes halogenated alkanes) is 5. The predicted molar refractivity (Wildman–Crippen MR) is 217 cm³/mol. The molecule has 15 heteroatoms. The van der Waals surface area contributed by atoms with Crippen LogP contribution >= 0.6 is 0 Å². The number of aliphatic hydroxyl groups is 1. The first kappa shape index (κ1) is 44.7. The fourth-order valence-corrected chi connectivity index (χ4v) is 9.22. The molecule has 0 spiro atoms. The van der Waals surface area contributed by atoms with Crippen LogP contribution in [0.5, 0.6) is 11.5 Å². The Morgan fingerprint density at radius 3 is 2.04 bits per heavy atom. The lowest BCUT2D eigenvalue weighted by atomic mass is 9.75. The number of aliphatic carboxylic acids is 1. The Bertz CT molecular complexity index is 2060. The molecule has 0 amide bonds. The molecule has 2 aromatic rings. The summed E-state index contributed by atoms with van der Waals surface area (Å²) in [5.74, 6) is -1.35. The molecule has 0 aliphatic carbocycles. The summed E-state index contributed by atoms with van der Waals surface area (Å²) in [6.45, 7) is 5.28. The normalized spacial score (nSPS) is 20.5. The molecule has 2 atom stereocenters. The van der Waals surface area contributed by atoms with Crippen LogP contribution in [-0.4, -0.2) is 93.8 Å². The van der Waals surface area contributed by atoms with Gasteiger partial charge in [0.1, 0.15) is 18.0 Å². The Morgan fingerprint density at radius 1 is 0.750 bits per heavy atom. The van der Waals surface area contributed by atoms with Gasteiger partial charge in [0, 0.05) is 60.5 Å². The largest absolute Gasteiger partial charge is 0.508 e. The van der Waals surface area contributed by atoms with Crippen molar-refractivity contribution in [2.24, 2.45) is 0 Å². The van der Waals surface area contributed by atoms with Crippen LogP contribution in [0.4, 0.5) is 11.4 Å². The summed E-state index contributed by atoms with van der Waals surface area (Å²) in [5, 5.41) is 39.7. The summed E-state index contributed by atoms with van der Waals surface area (Å²) < 4.78 is 66.7. The molecule has 2 heterocycles. The number of fused-ring (bicyclic) bond motifs is 2. The van der Waals surface area contributed by atoms with Crippen LogP contribution in [0.3, 0.4) is 0 Å². The van der Waals surface area contributed by atoms with Crippen LogP contribution in [0, 0.1) is 0 Å². The van der Waals surface area contributed by atoms with Gasteiger partial charge in [0.05, 0.1) is 16.9 Å². The molecular weight excluding hydrogens is 761 g/mol. The number of carbonyl (C=O) groups is 1. The zero-order chi connectivity index (χ0) is 41.1. The number of anilines is 1. The van der Waals surface area contributed by atoms with Crippen molar-refractivity contribution >= 4 is 43.3 Å². The van der Waals surface area contributed by atoms with Gasteiger partial charge in [-0.2, -0.15) is 21.4 Å². The lowest BCUT2D eigenvalue weighted by molar-refractivity contribution is -0.438. The minimum atomic E-state index is -4.14. The van der Waals surface area contributed by atoms with Gasteiger partial charge >= 0.3 is 5.97 Å². The highest BCUT2D eigenvalue weighted by atomic mass is 32.2. The summed E-state index contributed by atoms with van der Waals surface area (Å²) in [7, 11) is -8.27. The van der Waals surface area contributed by atoms with E-state index in [4.69, 9.17) is 5.11 Å². The van der Waals surface area contributed by atoms with Crippen molar-refractivity contribution in [3.8, 4) is 11.5 Å². The first-order valence-corrected chi connectivity index (χ1v) is 22.5. The van der Waals surface area contributed by atoms with Gasteiger partial charge in [0.2, 0.25) is 5.69 Å². The molecule has 0 fully saturated rings. The van der Waals surface area contributed by atoms with E-state index in [1.165, 1.54) is 0 Å². The SMILES string of the molecule is CC1(CCCCO)C(/C=C/C=C/C=C2/N(CCCCS(=O)(=O)O)c3ccc(O)cc3C2(C)CCCCS(=O)(=O)O)=[N+](CCCCCC(=O)O)c2ccc(O)cc21. The van der Waals surface area contributed by atoms with E-state index in [9.17, 15) is 46.1 Å². The number of phenols is 2. The third kappa shape index (κ3) is 11.8. The van der Waals surface area contributed by atoms with Gasteiger partial charge in [0.25, 0.3) is 20.2 Å². The molecule has 4 rings (SSSR count). The molecule has 13 nitrogen and oxygen atoms in total. The first-order chi connectivity index (χ1) is 26.4. The van der Waals surface area contributed by atoms with Crippen molar-refractivity contribution in [1.82, 2.24) is 0 Å². The molecule has 56 heavy (non-hydrogen) atoms. The number of hydrogen-bond acceptors (Lipinski definition) is 9. The van der Waals surface area contributed by atoms with Crippen LogP contribution in [0.2, 0.25) is 0 Å². The number of rotatable bonds is 23. The molecule has 2 unspecified atom stereocenters. The van der Waals surface area contributed by atoms with Crippen molar-refractivity contribution in [1.29, 1.82) is 0 Å². The highest BCUT2D eigenvalue weighted by Crippen LogP contribution is 2.52. The van der Waals surface area contributed by atoms with Crippen LogP contribution in [0.25, 0.3) is 0 Å². The maximum absolute atomic E-state index is 11.5. The Labute approximate surface area is 330 Å². The third-order valence-corrected chi connectivity index (χ3v) is 12.5. The average Bonchev–Trinajstić information content (AvgIpc) is 3.47. The quantitative estimate of drug-likeness (QED) is 0.0297. The Morgan fingerprint density at radius 2 is 1.38 bits per heavy atom. The number of benzene rings is 2. The number of allylic oxidation sites excluding steroid dienone is 6. The molecule has 0 aromatic heterocycles. The zero-order valence-corrected chi connectivity index (χ0v) is 33.9. The standard InChI is InChI=1S/C41H56N2O11S2/c1-40(22-8-12-26-44)33-29-31(45)18-20-35(33)42(24-10-4-7-17-39(47)48)37(40)15-5-3-6-16-38-41(2,23-9-13-27-55(49,50)51)34-30-32(46)19-21-36(34)43(38)25-11-14-28-56(52,53)54/h3,5-6,15-16,18-21,29-30,44H,4,7-14,17,22-28H2,1-2H3,(H4-,45,46,47,48,49,50,51,52,53,54)/p+1. The van der Waals surface area contributed by atoms with Crippen LogP contribution in [0.15, 0.2) is 72.5 Å². The maximum atomic E-state index is 11.5. The van der Waals surface area contributed by atoms with Gasteiger partial charge in [-0.3, -0.25) is 13.9 Å². The van der Waals surface area contributed by atoms with E-state index in [0.717, 1.165) is 59.6 Å². The van der Waals surface area contributed by atoms with Gasteiger partial charge in [0.15, 0.2) is 5.71 Å². The van der Waals surface area contributed by atoms with Gasteiger partial charge in [-0.25, -0.2) is 0 Å². The Kier molecular flexibility index (Phi) is 15.5. The summed E-state index contributed by atoms with van der Waals surface area (Å²) >= 11 is 0. The summed E-state index contributed by atoms with van der Waals surface area (Å²) in [5.41, 5.74) is 4.30. The number of aliphatic hydroxyl groups excluding tert-OH is 1.